The van der Waals surface area contributed by atoms with E-state index in [4.69, 9.17) is 17.3 Å². The monoisotopic (exact) mass is 394 g/mol. The van der Waals surface area contributed by atoms with E-state index in [2.05, 4.69) is 10.3 Å². The van der Waals surface area contributed by atoms with E-state index in [9.17, 15) is 13.2 Å². The van der Waals surface area contributed by atoms with Crippen molar-refractivity contribution in [2.45, 2.75) is 24.3 Å². The highest BCUT2D eigenvalue weighted by Gasteiger charge is 2.29. The third kappa shape index (κ3) is 3.82. The van der Waals surface area contributed by atoms with Crippen molar-refractivity contribution in [1.29, 1.82) is 0 Å². The van der Waals surface area contributed by atoms with Gasteiger partial charge in [-0.25, -0.2) is 13.4 Å². The number of anilines is 1. The van der Waals surface area contributed by atoms with Crippen LogP contribution in [0.25, 0.3) is 0 Å². The lowest BCUT2D eigenvalue weighted by Crippen LogP contribution is -2.30. The maximum Gasteiger partial charge on any atom is 0.255 e. The maximum atomic E-state index is 12.8. The van der Waals surface area contributed by atoms with Crippen molar-refractivity contribution in [2.75, 3.05) is 18.8 Å². The van der Waals surface area contributed by atoms with E-state index in [1.807, 2.05) is 0 Å². The van der Waals surface area contributed by atoms with Gasteiger partial charge in [0.15, 0.2) is 0 Å². The Morgan fingerprint density at radius 3 is 2.69 bits per heavy atom. The molecule has 2 heterocycles. The summed E-state index contributed by atoms with van der Waals surface area (Å²) in [5, 5.41) is 2.98. The highest BCUT2D eigenvalue weighted by atomic mass is 35.5. The number of nitrogen functional groups attached to an aromatic ring is 1. The lowest BCUT2D eigenvalue weighted by molar-refractivity contribution is 0.0951. The fraction of sp³-hybridized carbons (Fsp3) is 0.294. The van der Waals surface area contributed by atoms with E-state index < -0.39 is 15.9 Å². The highest BCUT2D eigenvalue weighted by molar-refractivity contribution is 7.89. The summed E-state index contributed by atoms with van der Waals surface area (Å²) in [5.41, 5.74) is 6.37. The molecule has 1 saturated heterocycles. The molecule has 2 aromatic rings. The van der Waals surface area contributed by atoms with Gasteiger partial charge in [-0.2, -0.15) is 4.31 Å². The molecule has 0 atom stereocenters. The van der Waals surface area contributed by atoms with Crippen LogP contribution in [0, 0.1) is 0 Å². The molecule has 0 radical (unpaired) electrons. The van der Waals surface area contributed by atoms with Gasteiger partial charge in [0, 0.05) is 25.8 Å². The van der Waals surface area contributed by atoms with Gasteiger partial charge in [0.25, 0.3) is 5.91 Å². The Labute approximate surface area is 157 Å². The molecule has 3 N–H and O–H groups in total. The topological polar surface area (TPSA) is 105 Å². The van der Waals surface area contributed by atoms with Crippen LogP contribution in [0.1, 0.15) is 28.8 Å². The molecule has 7 nitrogen and oxygen atoms in total. The van der Waals surface area contributed by atoms with Gasteiger partial charge in [-0.15, -0.1) is 0 Å². The van der Waals surface area contributed by atoms with Crippen molar-refractivity contribution in [3.63, 3.8) is 0 Å². The van der Waals surface area contributed by atoms with E-state index in [1.165, 1.54) is 16.6 Å². The number of amides is 1. The molecule has 1 aliphatic rings. The minimum atomic E-state index is -3.57. The van der Waals surface area contributed by atoms with Crippen LogP contribution in [-0.4, -0.2) is 36.7 Å². The Morgan fingerprint density at radius 2 is 1.96 bits per heavy atom. The van der Waals surface area contributed by atoms with Crippen LogP contribution in [-0.2, 0) is 16.6 Å². The predicted octanol–water partition coefficient (Wildman–Crippen LogP) is 2.03. The van der Waals surface area contributed by atoms with Gasteiger partial charge in [0.05, 0.1) is 15.5 Å². The number of nitrogens with zero attached hydrogens (tertiary/aromatic N) is 2. The fourth-order valence-corrected chi connectivity index (χ4v) is 4.77. The van der Waals surface area contributed by atoms with Crippen LogP contribution in [0.2, 0.25) is 5.02 Å². The SMILES string of the molecule is Nc1ncc(Cl)cc1C(=O)NCc1ccccc1S(=O)(=O)N1CCCC1. The number of hydrogen-bond acceptors (Lipinski definition) is 5. The molecular formula is C17H19ClN4O3S. The van der Waals surface area contributed by atoms with Gasteiger partial charge in [-0.1, -0.05) is 29.8 Å². The minimum Gasteiger partial charge on any atom is -0.383 e. The largest absolute Gasteiger partial charge is 0.383 e. The summed E-state index contributed by atoms with van der Waals surface area (Å²) in [6.45, 7) is 1.09. The summed E-state index contributed by atoms with van der Waals surface area (Å²) in [6.07, 6.45) is 3.07. The van der Waals surface area contributed by atoms with Gasteiger partial charge >= 0.3 is 0 Å². The van der Waals surface area contributed by atoms with Crippen molar-refractivity contribution in [2.24, 2.45) is 0 Å². The second-order valence-electron chi connectivity index (χ2n) is 5.99. The Bertz CT molecular complexity index is 927. The second kappa shape index (κ2) is 7.61. The summed E-state index contributed by atoms with van der Waals surface area (Å²) in [5.74, 6) is -0.407. The van der Waals surface area contributed by atoms with Crippen LogP contribution >= 0.6 is 11.6 Å². The van der Waals surface area contributed by atoms with Gasteiger partial charge in [0.2, 0.25) is 10.0 Å². The number of nitrogens with two attached hydrogens (primary N) is 1. The number of aromatic nitrogens is 1. The number of nitrogens with one attached hydrogen (secondary N) is 1. The second-order valence-corrected chi connectivity index (χ2v) is 8.33. The lowest BCUT2D eigenvalue weighted by atomic mass is 10.2. The van der Waals surface area contributed by atoms with Crippen molar-refractivity contribution in [3.8, 4) is 0 Å². The molecule has 0 aliphatic carbocycles. The van der Waals surface area contributed by atoms with Crippen LogP contribution in [0.5, 0.6) is 0 Å². The van der Waals surface area contributed by atoms with Gasteiger partial charge < -0.3 is 11.1 Å². The molecule has 0 spiro atoms. The van der Waals surface area contributed by atoms with Crippen molar-refractivity contribution < 1.29 is 13.2 Å². The summed E-state index contributed by atoms with van der Waals surface area (Å²) < 4.78 is 27.1. The van der Waals surface area contributed by atoms with Crippen LogP contribution in [0.3, 0.4) is 0 Å². The Hall–Kier alpha value is -2.16. The first-order valence-corrected chi connectivity index (χ1v) is 9.98. The molecule has 0 unspecified atom stereocenters. The molecule has 1 aromatic carbocycles. The van der Waals surface area contributed by atoms with Gasteiger partial charge in [0.1, 0.15) is 5.82 Å². The average Bonchev–Trinajstić information content (AvgIpc) is 3.17. The number of benzene rings is 1. The molecule has 1 amide bonds. The van der Waals surface area contributed by atoms with E-state index in [-0.39, 0.29) is 22.8 Å². The summed E-state index contributed by atoms with van der Waals surface area (Å²) in [4.78, 5) is 16.4. The Morgan fingerprint density at radius 1 is 1.27 bits per heavy atom. The summed E-state index contributed by atoms with van der Waals surface area (Å²) in [6, 6.07) is 8.08. The molecule has 0 bridgehead atoms. The van der Waals surface area contributed by atoms with E-state index in [0.717, 1.165) is 12.8 Å². The summed E-state index contributed by atoms with van der Waals surface area (Å²) >= 11 is 5.85. The maximum absolute atomic E-state index is 12.8. The molecular weight excluding hydrogens is 376 g/mol. The minimum absolute atomic E-state index is 0.0496. The zero-order valence-corrected chi connectivity index (χ0v) is 15.6. The van der Waals surface area contributed by atoms with Crippen LogP contribution in [0.4, 0.5) is 5.82 Å². The number of sulfonamides is 1. The molecule has 9 heteroatoms. The molecule has 138 valence electrons. The molecule has 3 rings (SSSR count). The predicted molar refractivity (Wildman–Crippen MR) is 99.3 cm³/mol. The zero-order valence-electron chi connectivity index (χ0n) is 14.0. The quantitative estimate of drug-likeness (QED) is 0.807. The van der Waals surface area contributed by atoms with E-state index in [0.29, 0.717) is 23.7 Å². The number of halogens is 1. The Kier molecular flexibility index (Phi) is 5.45. The van der Waals surface area contributed by atoms with Crippen molar-refractivity contribution >= 4 is 33.3 Å². The van der Waals surface area contributed by atoms with Crippen molar-refractivity contribution in [3.05, 3.63) is 52.7 Å². The number of carbonyl (C=O) groups is 1. The normalized spacial score (nSPS) is 15.1. The third-order valence-electron chi connectivity index (χ3n) is 4.22. The number of pyridine rings is 1. The smallest absolute Gasteiger partial charge is 0.255 e. The van der Waals surface area contributed by atoms with Crippen LogP contribution in [0.15, 0.2) is 41.4 Å². The van der Waals surface area contributed by atoms with Gasteiger partial charge in [-0.3, -0.25) is 4.79 Å². The molecule has 1 aliphatic heterocycles. The molecule has 0 saturated carbocycles. The number of hydrogen-bond donors (Lipinski definition) is 2. The number of carbonyl (C=O) groups excluding carboxylic acids is 1. The van der Waals surface area contributed by atoms with E-state index >= 15 is 0 Å². The first kappa shape index (κ1) is 18.6. The zero-order chi connectivity index (χ0) is 18.7. The lowest BCUT2D eigenvalue weighted by Gasteiger charge is -2.18. The first-order valence-electron chi connectivity index (χ1n) is 8.17. The Balaban J connectivity index is 1.81. The molecule has 1 fully saturated rings. The summed E-state index contributed by atoms with van der Waals surface area (Å²) in [7, 11) is -3.57. The third-order valence-corrected chi connectivity index (χ3v) is 6.43. The fourth-order valence-electron chi connectivity index (χ4n) is 2.87. The molecule has 26 heavy (non-hydrogen) atoms. The van der Waals surface area contributed by atoms with Crippen LogP contribution < -0.4 is 11.1 Å². The standard InChI is InChI=1S/C17H19ClN4O3S/c18-13-9-14(16(19)20-11-13)17(23)21-10-12-5-1-2-6-15(12)26(24,25)22-7-3-4-8-22/h1-2,5-6,9,11H,3-4,7-8,10H2,(H2,19,20)(H,21,23). The highest BCUT2D eigenvalue weighted by Crippen LogP contribution is 2.24. The van der Waals surface area contributed by atoms with Crippen molar-refractivity contribution in [1.82, 2.24) is 14.6 Å². The first-order chi connectivity index (χ1) is 12.4. The van der Waals surface area contributed by atoms with E-state index in [1.54, 1.807) is 24.3 Å². The average molecular weight is 395 g/mol. The molecule has 1 aromatic heterocycles. The number of rotatable bonds is 5. The van der Waals surface area contributed by atoms with Gasteiger partial charge in [-0.05, 0) is 30.5 Å².